The third kappa shape index (κ3) is 6.71. The van der Waals surface area contributed by atoms with Gasteiger partial charge in [-0.2, -0.15) is 31.6 Å². The first-order valence-electron chi connectivity index (χ1n) is 21.3. The molecular weight excluding hydrogens is 805 g/mol. The molecule has 0 atom stereocenters. The number of halogens is 6. The summed E-state index contributed by atoms with van der Waals surface area (Å²) < 4.78 is 94.9. The largest absolute Gasteiger partial charge is 0.417 e. The highest BCUT2D eigenvalue weighted by atomic mass is 19.4. The smallest absolute Gasteiger partial charge is 0.308 e. The molecule has 0 saturated heterocycles. The van der Waals surface area contributed by atoms with Crippen molar-refractivity contribution in [3.8, 4) is 28.6 Å². The summed E-state index contributed by atoms with van der Waals surface area (Å²) in [5, 5.41) is 14.9. The minimum Gasteiger partial charge on any atom is -0.308 e. The van der Waals surface area contributed by atoms with Crippen molar-refractivity contribution in [3.05, 3.63) is 142 Å². The highest BCUT2D eigenvalue weighted by molar-refractivity contribution is 6.12. The van der Waals surface area contributed by atoms with Crippen LogP contribution < -0.4 is 0 Å². The van der Waals surface area contributed by atoms with Crippen LogP contribution in [0, 0.1) is 11.3 Å². The monoisotopic (exact) mass is 853 g/mol. The Morgan fingerprint density at radius 3 is 1.22 bits per heavy atom. The van der Waals surface area contributed by atoms with E-state index in [2.05, 4.69) is 124 Å². The van der Waals surface area contributed by atoms with Crippen LogP contribution in [0.3, 0.4) is 0 Å². The number of hydrogen-bond donors (Lipinski definition) is 0. The van der Waals surface area contributed by atoms with E-state index in [-0.39, 0.29) is 33.3 Å². The van der Waals surface area contributed by atoms with Crippen LogP contribution in [0.15, 0.2) is 103 Å². The minimum atomic E-state index is -5.15. The van der Waals surface area contributed by atoms with Gasteiger partial charge in [0.25, 0.3) is 0 Å². The van der Waals surface area contributed by atoms with Gasteiger partial charge in [-0.3, -0.25) is 0 Å². The molecule has 6 aromatic carbocycles. The van der Waals surface area contributed by atoms with Gasteiger partial charge >= 0.3 is 12.4 Å². The zero-order chi connectivity index (χ0) is 45.6. The molecule has 0 spiro atoms. The maximum absolute atomic E-state index is 15.2. The zero-order valence-electron chi connectivity index (χ0n) is 37.1. The van der Waals surface area contributed by atoms with Crippen molar-refractivity contribution in [2.24, 2.45) is 0 Å². The number of fused-ring (bicyclic) bond motifs is 12. The van der Waals surface area contributed by atoms with E-state index in [1.54, 1.807) is 0 Å². The number of nitriles is 1. The van der Waals surface area contributed by atoms with Crippen molar-refractivity contribution in [2.45, 2.75) is 110 Å². The second-order valence-corrected chi connectivity index (χ2v) is 20.8. The van der Waals surface area contributed by atoms with Gasteiger partial charge < -0.3 is 9.13 Å². The first kappa shape index (κ1) is 42.3. The Hall–Kier alpha value is -6.01. The summed E-state index contributed by atoms with van der Waals surface area (Å²) in [4.78, 5) is 0. The van der Waals surface area contributed by atoms with Crippen molar-refractivity contribution in [2.75, 3.05) is 0 Å². The van der Waals surface area contributed by atoms with Gasteiger partial charge in [0.05, 0.1) is 44.6 Å². The lowest BCUT2D eigenvalue weighted by Gasteiger charge is -2.36. The number of nitrogens with zero attached hydrogens (tertiary/aromatic N) is 3. The van der Waals surface area contributed by atoms with Crippen LogP contribution in [0.1, 0.15) is 115 Å². The van der Waals surface area contributed by atoms with E-state index >= 15 is 26.3 Å². The molecule has 3 heterocycles. The van der Waals surface area contributed by atoms with Crippen LogP contribution in [-0.4, -0.2) is 9.13 Å². The highest BCUT2D eigenvalue weighted by Crippen LogP contribution is 2.49. The summed E-state index contributed by atoms with van der Waals surface area (Å²) >= 11 is 0. The third-order valence-corrected chi connectivity index (χ3v) is 13.4. The van der Waals surface area contributed by atoms with E-state index in [1.807, 2.05) is 33.4 Å². The molecule has 0 aliphatic carbocycles. The number of benzene rings is 6. The van der Waals surface area contributed by atoms with E-state index in [0.29, 0.717) is 34.2 Å². The normalized spacial score (nSPS) is 15.5. The van der Waals surface area contributed by atoms with Gasteiger partial charge in [0.15, 0.2) is 0 Å². The SMILES string of the molecule is CC(C)(C)c1ccc2c3ccc4cc3n(c2c1)-c1cc(-c2c(C(F)(F)F)cccc2C(F)(F)F)cc(c1C#N)-n1c2cc(C(C)(C)C)ccc2c2ccc(cc21)C(C)(C)CC4(C)C. The van der Waals surface area contributed by atoms with Gasteiger partial charge in [0.2, 0.25) is 0 Å². The molecule has 0 radical (unpaired) electrons. The number of aromatic nitrogens is 2. The molecule has 9 heteroatoms. The maximum Gasteiger partial charge on any atom is 0.417 e. The second-order valence-electron chi connectivity index (χ2n) is 20.8. The van der Waals surface area contributed by atoms with Crippen molar-refractivity contribution >= 4 is 43.6 Å². The van der Waals surface area contributed by atoms with Crippen molar-refractivity contribution < 1.29 is 26.3 Å². The Morgan fingerprint density at radius 2 is 0.873 bits per heavy atom. The molecule has 1 aliphatic heterocycles. The van der Waals surface area contributed by atoms with E-state index in [4.69, 9.17) is 0 Å². The van der Waals surface area contributed by atoms with Gasteiger partial charge in [0.1, 0.15) is 11.6 Å². The Bertz CT molecular complexity index is 3050. The third-order valence-electron chi connectivity index (χ3n) is 13.4. The van der Waals surface area contributed by atoms with E-state index in [9.17, 15) is 5.26 Å². The predicted molar refractivity (Wildman–Crippen MR) is 243 cm³/mol. The molecule has 6 bridgehead atoms. The second kappa shape index (κ2) is 13.5. The summed E-state index contributed by atoms with van der Waals surface area (Å²) in [6, 6.07) is 32.1. The molecule has 9 rings (SSSR count). The summed E-state index contributed by atoms with van der Waals surface area (Å²) in [6.07, 6.45) is -9.55. The molecule has 63 heavy (non-hydrogen) atoms. The van der Waals surface area contributed by atoms with Gasteiger partial charge in [-0.05, 0) is 104 Å². The quantitative estimate of drug-likeness (QED) is 0.151. The van der Waals surface area contributed by atoms with Crippen LogP contribution in [0.25, 0.3) is 66.1 Å². The molecular formula is C54H49F6N3. The molecule has 0 unspecified atom stereocenters. The summed E-state index contributed by atoms with van der Waals surface area (Å²) in [6.45, 7) is 21.3. The van der Waals surface area contributed by atoms with Gasteiger partial charge in [-0.1, -0.05) is 124 Å². The van der Waals surface area contributed by atoms with Crippen LogP contribution in [0.5, 0.6) is 0 Å². The van der Waals surface area contributed by atoms with Crippen LogP contribution >= 0.6 is 0 Å². The van der Waals surface area contributed by atoms with Crippen molar-refractivity contribution in [3.63, 3.8) is 0 Å². The van der Waals surface area contributed by atoms with Gasteiger partial charge in [-0.15, -0.1) is 0 Å². The average Bonchev–Trinajstić information content (AvgIpc) is 3.69. The fourth-order valence-electron chi connectivity index (χ4n) is 10.2. The lowest BCUT2D eigenvalue weighted by Crippen LogP contribution is -2.30. The Morgan fingerprint density at radius 1 is 0.508 bits per heavy atom. The predicted octanol–water partition coefficient (Wildman–Crippen LogP) is 16.0. The summed E-state index contributed by atoms with van der Waals surface area (Å²) in [7, 11) is 0. The van der Waals surface area contributed by atoms with E-state index in [1.165, 1.54) is 12.1 Å². The van der Waals surface area contributed by atoms with Crippen molar-refractivity contribution in [1.29, 1.82) is 5.26 Å². The molecule has 2 aromatic heterocycles. The van der Waals surface area contributed by atoms with E-state index < -0.39 is 39.9 Å². The lowest BCUT2D eigenvalue weighted by atomic mass is 9.68. The average molecular weight is 854 g/mol. The Balaban J connectivity index is 1.60. The van der Waals surface area contributed by atoms with Gasteiger partial charge in [-0.25, -0.2) is 0 Å². The topological polar surface area (TPSA) is 33.6 Å². The molecule has 3 nitrogen and oxygen atoms in total. The molecule has 0 saturated carbocycles. The van der Waals surface area contributed by atoms with Crippen LogP contribution in [-0.2, 0) is 34.0 Å². The van der Waals surface area contributed by atoms with Crippen LogP contribution in [0.4, 0.5) is 26.3 Å². The lowest BCUT2D eigenvalue weighted by molar-refractivity contribution is -0.142. The summed E-state index contributed by atoms with van der Waals surface area (Å²) in [5.74, 6) is 0. The fraction of sp³-hybridized carbons (Fsp3) is 0.315. The number of alkyl halides is 6. The molecule has 0 N–H and O–H groups in total. The zero-order valence-corrected chi connectivity index (χ0v) is 37.1. The molecule has 1 aliphatic rings. The number of rotatable bonds is 1. The van der Waals surface area contributed by atoms with Crippen molar-refractivity contribution in [1.82, 2.24) is 9.13 Å². The number of hydrogen-bond acceptors (Lipinski definition) is 1. The van der Waals surface area contributed by atoms with E-state index in [0.717, 1.165) is 56.3 Å². The standard InChI is InChI=1S/C54H49F6N3/c1-49(2,3)31-14-18-35-37-20-16-33-26-46(37)62(44(35)24-31)42-22-30(48-40(53(55,56)57)12-11-13-41(48)54(58,59)60)23-43(39(42)28-61)63-45-25-32(50(4,5)6)15-19-36(45)38-21-17-34(27-47(38)63)52(9,10)29-51(33,7)8/h11-27H,29H2,1-10H3. The first-order chi connectivity index (χ1) is 29.2. The fourth-order valence-corrected chi connectivity index (χ4v) is 10.2. The molecule has 8 aromatic rings. The minimum absolute atomic E-state index is 0.100. The Labute approximate surface area is 363 Å². The molecule has 0 amide bonds. The molecule has 0 fully saturated rings. The first-order valence-corrected chi connectivity index (χ1v) is 21.3. The molecule has 322 valence electrons. The highest BCUT2D eigenvalue weighted by Gasteiger charge is 2.42. The van der Waals surface area contributed by atoms with Gasteiger partial charge in [0, 0.05) is 27.1 Å². The summed E-state index contributed by atoms with van der Waals surface area (Å²) in [5.41, 5.74) is 1.49. The Kier molecular flexibility index (Phi) is 9.06. The van der Waals surface area contributed by atoms with Crippen LogP contribution in [0.2, 0.25) is 0 Å². The maximum atomic E-state index is 15.2.